The number of rotatable bonds is 7. The van der Waals surface area contributed by atoms with Gasteiger partial charge in [0, 0.05) is 48.0 Å². The van der Waals surface area contributed by atoms with Crippen molar-refractivity contribution in [2.45, 2.75) is 58.2 Å². The van der Waals surface area contributed by atoms with E-state index in [0.717, 1.165) is 33.6 Å². The molecule has 4 nitrogen and oxygen atoms in total. The Morgan fingerprint density at radius 1 is 1.12 bits per heavy atom. The Hall–Kier alpha value is -2.54. The van der Waals surface area contributed by atoms with E-state index in [1.54, 1.807) is 4.90 Å². The summed E-state index contributed by atoms with van der Waals surface area (Å²) < 4.78 is 44.5. The SMILES string of the molecule is Cc1cc(-c2[nH]c3ccc(OC4CCN(CC(F)C(F)F)CC4)cc3c2C(C)C)ccn1. The first-order chi connectivity index (χ1) is 15.3. The molecule has 3 aromatic rings. The van der Waals surface area contributed by atoms with E-state index in [2.05, 4.69) is 35.9 Å². The third kappa shape index (κ3) is 4.93. The van der Waals surface area contributed by atoms with Crippen LogP contribution in [-0.2, 0) is 0 Å². The van der Waals surface area contributed by atoms with Gasteiger partial charge in [0.15, 0.2) is 6.17 Å². The molecule has 1 fully saturated rings. The van der Waals surface area contributed by atoms with Crippen molar-refractivity contribution in [3.8, 4) is 17.0 Å². The predicted octanol–water partition coefficient (Wildman–Crippen LogP) is 6.11. The number of piperidine rings is 1. The van der Waals surface area contributed by atoms with Crippen LogP contribution in [0, 0.1) is 6.92 Å². The molecule has 1 aliphatic rings. The van der Waals surface area contributed by atoms with Gasteiger partial charge < -0.3 is 9.72 Å². The van der Waals surface area contributed by atoms with E-state index in [4.69, 9.17) is 4.74 Å². The molecular formula is C25H30F3N3O. The van der Waals surface area contributed by atoms with Crippen LogP contribution in [0.5, 0.6) is 5.75 Å². The molecule has 4 rings (SSSR count). The summed E-state index contributed by atoms with van der Waals surface area (Å²) in [5.74, 6) is 1.11. The van der Waals surface area contributed by atoms with Gasteiger partial charge in [0.05, 0.1) is 5.69 Å². The third-order valence-electron chi connectivity index (χ3n) is 6.12. The molecule has 0 saturated carbocycles. The van der Waals surface area contributed by atoms with Crippen molar-refractivity contribution in [1.29, 1.82) is 0 Å². The van der Waals surface area contributed by atoms with Crippen LogP contribution >= 0.6 is 0 Å². The number of alkyl halides is 3. The molecule has 1 aliphatic heterocycles. The fourth-order valence-electron chi connectivity index (χ4n) is 4.52. The van der Waals surface area contributed by atoms with Crippen LogP contribution in [0.25, 0.3) is 22.2 Å². The number of ether oxygens (including phenoxy) is 1. The Labute approximate surface area is 186 Å². The molecule has 32 heavy (non-hydrogen) atoms. The first kappa shape index (κ1) is 22.6. The van der Waals surface area contributed by atoms with E-state index >= 15 is 0 Å². The molecule has 0 amide bonds. The molecular weight excluding hydrogens is 415 g/mol. The Morgan fingerprint density at radius 3 is 2.53 bits per heavy atom. The molecule has 0 aliphatic carbocycles. The highest BCUT2D eigenvalue weighted by Gasteiger charge is 2.27. The molecule has 7 heteroatoms. The van der Waals surface area contributed by atoms with Gasteiger partial charge >= 0.3 is 0 Å². The molecule has 0 spiro atoms. The van der Waals surface area contributed by atoms with E-state index in [9.17, 15) is 13.2 Å². The van der Waals surface area contributed by atoms with Crippen molar-refractivity contribution in [1.82, 2.24) is 14.9 Å². The fraction of sp³-hybridized carbons (Fsp3) is 0.480. The Balaban J connectivity index is 1.51. The van der Waals surface area contributed by atoms with Crippen LogP contribution in [0.2, 0.25) is 0 Å². The number of fused-ring (bicyclic) bond motifs is 1. The number of likely N-dealkylation sites (tertiary alicyclic amines) is 1. The number of halogens is 3. The van der Waals surface area contributed by atoms with Crippen LogP contribution in [-0.4, -0.2) is 53.2 Å². The largest absolute Gasteiger partial charge is 0.490 e. The first-order valence-electron chi connectivity index (χ1n) is 11.2. The molecule has 172 valence electrons. The normalized spacial score (nSPS) is 16.9. The monoisotopic (exact) mass is 445 g/mol. The molecule has 2 aromatic heterocycles. The van der Waals surface area contributed by atoms with Gasteiger partial charge in [0.2, 0.25) is 0 Å². The Kier molecular flexibility index (Phi) is 6.74. The quantitative estimate of drug-likeness (QED) is 0.477. The number of aromatic nitrogens is 2. The molecule has 3 heterocycles. The summed E-state index contributed by atoms with van der Waals surface area (Å²) in [5.41, 5.74) is 5.49. The van der Waals surface area contributed by atoms with Crippen molar-refractivity contribution in [2.75, 3.05) is 19.6 Å². The van der Waals surface area contributed by atoms with Gasteiger partial charge in [-0.1, -0.05) is 13.8 Å². The second kappa shape index (κ2) is 9.53. The average Bonchev–Trinajstić information content (AvgIpc) is 3.14. The van der Waals surface area contributed by atoms with Crippen LogP contribution in [0.1, 0.15) is 43.9 Å². The van der Waals surface area contributed by atoms with Gasteiger partial charge in [-0.3, -0.25) is 9.88 Å². The summed E-state index contributed by atoms with van der Waals surface area (Å²) in [6, 6.07) is 10.2. The van der Waals surface area contributed by atoms with E-state index in [-0.39, 0.29) is 12.6 Å². The van der Waals surface area contributed by atoms with Crippen molar-refractivity contribution in [2.24, 2.45) is 0 Å². The van der Waals surface area contributed by atoms with E-state index in [1.165, 1.54) is 5.56 Å². The highest BCUT2D eigenvalue weighted by atomic mass is 19.3. The van der Waals surface area contributed by atoms with Crippen LogP contribution in [0.3, 0.4) is 0 Å². The molecule has 1 atom stereocenters. The smallest absolute Gasteiger partial charge is 0.270 e. The lowest BCUT2D eigenvalue weighted by atomic mass is 9.96. The fourth-order valence-corrected chi connectivity index (χ4v) is 4.52. The number of aryl methyl sites for hydroxylation is 1. The van der Waals surface area contributed by atoms with E-state index < -0.39 is 12.6 Å². The van der Waals surface area contributed by atoms with Gasteiger partial charge in [-0.2, -0.15) is 0 Å². The minimum Gasteiger partial charge on any atom is -0.490 e. The maximum Gasteiger partial charge on any atom is 0.270 e. The molecule has 1 unspecified atom stereocenters. The lowest BCUT2D eigenvalue weighted by molar-refractivity contribution is 0.0142. The van der Waals surface area contributed by atoms with Gasteiger partial charge in [-0.25, -0.2) is 13.2 Å². The van der Waals surface area contributed by atoms with Gasteiger partial charge in [-0.05, 0) is 61.6 Å². The standard InChI is InChI=1S/C25H30F3N3O/c1-15(2)23-20-13-19(32-18-7-10-31(11-8-18)14-21(26)25(27)28)4-5-22(20)30-24(23)17-6-9-29-16(3)12-17/h4-6,9,12-13,15,18,21,25,30H,7-8,10-11,14H2,1-3H3. The number of nitrogens with zero attached hydrogens (tertiary/aromatic N) is 2. The van der Waals surface area contributed by atoms with Crippen molar-refractivity contribution in [3.05, 3.63) is 47.8 Å². The minimum atomic E-state index is -2.92. The predicted molar refractivity (Wildman–Crippen MR) is 121 cm³/mol. The second-order valence-electron chi connectivity index (χ2n) is 8.93. The zero-order chi connectivity index (χ0) is 22.8. The summed E-state index contributed by atoms with van der Waals surface area (Å²) in [6.45, 7) is 7.26. The maximum absolute atomic E-state index is 13.3. The lowest BCUT2D eigenvalue weighted by Gasteiger charge is -2.32. The molecule has 0 radical (unpaired) electrons. The summed E-state index contributed by atoms with van der Waals surface area (Å²) in [4.78, 5) is 9.63. The number of hydrogen-bond acceptors (Lipinski definition) is 3. The van der Waals surface area contributed by atoms with E-state index in [0.29, 0.717) is 31.8 Å². The minimum absolute atomic E-state index is 0.00271. The van der Waals surface area contributed by atoms with Gasteiger partial charge in [-0.15, -0.1) is 0 Å². The number of benzene rings is 1. The van der Waals surface area contributed by atoms with Gasteiger partial charge in [0.25, 0.3) is 6.43 Å². The van der Waals surface area contributed by atoms with Crippen molar-refractivity contribution < 1.29 is 17.9 Å². The summed E-state index contributed by atoms with van der Waals surface area (Å²) in [7, 11) is 0. The summed E-state index contributed by atoms with van der Waals surface area (Å²) in [5, 5.41) is 1.14. The highest BCUT2D eigenvalue weighted by molar-refractivity contribution is 5.92. The molecule has 1 saturated heterocycles. The van der Waals surface area contributed by atoms with Gasteiger partial charge in [0.1, 0.15) is 11.9 Å². The molecule has 1 N–H and O–H groups in total. The zero-order valence-corrected chi connectivity index (χ0v) is 18.7. The number of hydrogen-bond donors (Lipinski definition) is 1. The highest BCUT2D eigenvalue weighted by Crippen LogP contribution is 2.37. The summed E-state index contributed by atoms with van der Waals surface area (Å²) in [6.07, 6.45) is -1.80. The summed E-state index contributed by atoms with van der Waals surface area (Å²) >= 11 is 0. The number of H-pyrrole nitrogens is 1. The molecule has 0 bridgehead atoms. The number of pyridine rings is 1. The van der Waals surface area contributed by atoms with Crippen LogP contribution in [0.15, 0.2) is 36.5 Å². The topological polar surface area (TPSA) is 41.1 Å². The third-order valence-corrected chi connectivity index (χ3v) is 6.12. The number of nitrogens with one attached hydrogen (secondary N) is 1. The van der Waals surface area contributed by atoms with Crippen LogP contribution in [0.4, 0.5) is 13.2 Å². The lowest BCUT2D eigenvalue weighted by Crippen LogP contribution is -2.42. The van der Waals surface area contributed by atoms with Crippen LogP contribution < -0.4 is 4.74 Å². The van der Waals surface area contributed by atoms with Crippen molar-refractivity contribution >= 4 is 10.9 Å². The maximum atomic E-state index is 13.3. The second-order valence-corrected chi connectivity index (χ2v) is 8.93. The van der Waals surface area contributed by atoms with Crippen molar-refractivity contribution in [3.63, 3.8) is 0 Å². The van der Waals surface area contributed by atoms with E-state index in [1.807, 2.05) is 31.3 Å². The molecule has 1 aromatic carbocycles. The Morgan fingerprint density at radius 2 is 1.88 bits per heavy atom. The Bertz CT molecular complexity index is 1060. The number of aromatic amines is 1. The average molecular weight is 446 g/mol. The zero-order valence-electron chi connectivity index (χ0n) is 18.7. The first-order valence-corrected chi connectivity index (χ1v) is 11.2.